The van der Waals surface area contributed by atoms with Crippen LogP contribution in [0.5, 0.6) is 0 Å². The normalized spacial score (nSPS) is 10.6. The molecule has 0 aliphatic carbocycles. The minimum atomic E-state index is -0.141. The molecule has 0 unspecified atom stereocenters. The number of amides is 1. The number of carbonyl (C=O) groups is 1. The predicted octanol–water partition coefficient (Wildman–Crippen LogP) is 5.36. The lowest BCUT2D eigenvalue weighted by Crippen LogP contribution is -2.13. The lowest BCUT2D eigenvalue weighted by atomic mass is 10.0. The summed E-state index contributed by atoms with van der Waals surface area (Å²) < 4.78 is 0. The third-order valence-corrected chi connectivity index (χ3v) is 5.57. The average Bonchev–Trinajstić information content (AvgIpc) is 3.13. The summed E-state index contributed by atoms with van der Waals surface area (Å²) in [7, 11) is 0. The Hall–Kier alpha value is -3.31. The molecule has 0 spiro atoms. The van der Waals surface area contributed by atoms with Crippen molar-refractivity contribution < 1.29 is 4.79 Å². The zero-order chi connectivity index (χ0) is 19.3. The van der Waals surface area contributed by atoms with Crippen molar-refractivity contribution in [2.75, 3.05) is 5.32 Å². The van der Waals surface area contributed by atoms with Crippen molar-refractivity contribution in [3.8, 4) is 10.7 Å². The van der Waals surface area contributed by atoms with E-state index in [-0.39, 0.29) is 5.91 Å². The van der Waals surface area contributed by atoms with Crippen LogP contribution in [0.2, 0.25) is 0 Å². The van der Waals surface area contributed by atoms with Crippen molar-refractivity contribution in [1.29, 1.82) is 0 Å². The zero-order valence-corrected chi connectivity index (χ0v) is 16.2. The molecular formula is C23H19N3OS. The largest absolute Gasteiger partial charge is 0.321 e. The van der Waals surface area contributed by atoms with Gasteiger partial charge in [-0.05, 0) is 42.7 Å². The topological polar surface area (TPSA) is 54.9 Å². The van der Waals surface area contributed by atoms with Crippen molar-refractivity contribution in [1.82, 2.24) is 9.97 Å². The third-order valence-electron chi connectivity index (χ3n) is 4.39. The number of carbonyl (C=O) groups excluding carboxylic acids is 1. The van der Waals surface area contributed by atoms with E-state index in [1.165, 1.54) is 16.9 Å². The summed E-state index contributed by atoms with van der Waals surface area (Å²) in [6.45, 7) is 1.85. The summed E-state index contributed by atoms with van der Waals surface area (Å²) in [5.41, 5.74) is 4.59. The molecule has 0 fully saturated rings. The first kappa shape index (κ1) is 18.1. The van der Waals surface area contributed by atoms with Crippen LogP contribution in [0.25, 0.3) is 10.7 Å². The molecule has 0 bridgehead atoms. The number of thiazole rings is 1. The number of hydrogen-bond acceptors (Lipinski definition) is 4. The molecule has 2 heterocycles. The maximum Gasteiger partial charge on any atom is 0.267 e. The highest BCUT2D eigenvalue weighted by atomic mass is 32.1. The van der Waals surface area contributed by atoms with Gasteiger partial charge in [-0.1, -0.05) is 54.6 Å². The fourth-order valence-electron chi connectivity index (χ4n) is 3.00. The maximum atomic E-state index is 12.9. The van der Waals surface area contributed by atoms with Gasteiger partial charge in [0.2, 0.25) is 0 Å². The first-order valence-electron chi connectivity index (χ1n) is 9.03. The maximum absolute atomic E-state index is 12.9. The zero-order valence-electron chi connectivity index (χ0n) is 15.4. The van der Waals surface area contributed by atoms with Crippen molar-refractivity contribution in [2.24, 2.45) is 0 Å². The molecule has 0 saturated heterocycles. The second-order valence-electron chi connectivity index (χ2n) is 6.42. The van der Waals surface area contributed by atoms with E-state index in [4.69, 9.17) is 0 Å². The molecule has 0 saturated carbocycles. The summed E-state index contributed by atoms with van der Waals surface area (Å²) in [5.74, 6) is -0.141. The van der Waals surface area contributed by atoms with Crippen molar-refractivity contribution in [2.45, 2.75) is 13.3 Å². The van der Waals surface area contributed by atoms with Gasteiger partial charge in [-0.15, -0.1) is 11.3 Å². The number of nitrogens with one attached hydrogen (secondary N) is 1. The van der Waals surface area contributed by atoms with Crippen LogP contribution in [0.1, 0.15) is 26.5 Å². The molecule has 28 heavy (non-hydrogen) atoms. The van der Waals surface area contributed by atoms with Crippen LogP contribution in [0.3, 0.4) is 0 Å². The summed E-state index contributed by atoms with van der Waals surface area (Å²) in [5, 5.41) is 3.81. The van der Waals surface area contributed by atoms with Gasteiger partial charge in [-0.2, -0.15) is 0 Å². The molecule has 0 aliphatic heterocycles. The third kappa shape index (κ3) is 4.00. The molecule has 0 aliphatic rings. The van der Waals surface area contributed by atoms with Crippen LogP contribution in [0, 0.1) is 6.92 Å². The number of aromatic nitrogens is 2. The Labute approximate surface area is 167 Å². The Morgan fingerprint density at radius 1 is 0.964 bits per heavy atom. The van der Waals surface area contributed by atoms with E-state index in [1.54, 1.807) is 6.20 Å². The molecular weight excluding hydrogens is 366 g/mol. The Balaban J connectivity index is 1.57. The van der Waals surface area contributed by atoms with Crippen LogP contribution in [0.15, 0.2) is 79.0 Å². The minimum absolute atomic E-state index is 0.141. The van der Waals surface area contributed by atoms with Gasteiger partial charge >= 0.3 is 0 Å². The van der Waals surface area contributed by atoms with Crippen molar-refractivity contribution in [3.63, 3.8) is 0 Å². The lowest BCUT2D eigenvalue weighted by molar-refractivity contribution is 0.102. The fourth-order valence-corrected chi connectivity index (χ4v) is 3.94. The van der Waals surface area contributed by atoms with Crippen molar-refractivity contribution >= 4 is 22.9 Å². The van der Waals surface area contributed by atoms with E-state index in [0.29, 0.717) is 10.6 Å². The minimum Gasteiger partial charge on any atom is -0.321 e. The summed E-state index contributed by atoms with van der Waals surface area (Å²) in [6, 6.07) is 23.8. The van der Waals surface area contributed by atoms with Crippen LogP contribution < -0.4 is 5.32 Å². The second-order valence-corrected chi connectivity index (χ2v) is 7.42. The molecule has 5 heteroatoms. The smallest absolute Gasteiger partial charge is 0.267 e. The molecule has 2 aromatic heterocycles. The standard InChI is InChI=1S/C23H19N3OS/c1-16-21(28-23(25-16)20-13-7-8-14-24-20)22(27)26-19-12-6-5-11-18(19)15-17-9-3-2-4-10-17/h2-14H,15H2,1H3,(H,26,27). The number of hydrogen-bond donors (Lipinski definition) is 1. The molecule has 0 radical (unpaired) electrons. The highest BCUT2D eigenvalue weighted by Gasteiger charge is 2.18. The Morgan fingerprint density at radius 2 is 1.71 bits per heavy atom. The van der Waals surface area contributed by atoms with Gasteiger partial charge in [0.05, 0.1) is 11.4 Å². The van der Waals surface area contributed by atoms with Crippen LogP contribution >= 0.6 is 11.3 Å². The van der Waals surface area contributed by atoms with Crippen LogP contribution in [-0.2, 0) is 6.42 Å². The molecule has 1 N–H and O–H groups in total. The predicted molar refractivity (Wildman–Crippen MR) is 114 cm³/mol. The molecule has 2 aromatic carbocycles. The number of nitrogens with zero attached hydrogens (tertiary/aromatic N) is 2. The molecule has 4 rings (SSSR count). The SMILES string of the molecule is Cc1nc(-c2ccccn2)sc1C(=O)Nc1ccccc1Cc1ccccc1. The van der Waals surface area contributed by atoms with Gasteiger partial charge in [0, 0.05) is 11.9 Å². The van der Waals surface area contributed by atoms with Crippen LogP contribution in [0.4, 0.5) is 5.69 Å². The van der Waals surface area contributed by atoms with Gasteiger partial charge in [0.25, 0.3) is 5.91 Å². The highest BCUT2D eigenvalue weighted by Crippen LogP contribution is 2.28. The van der Waals surface area contributed by atoms with Gasteiger partial charge in [0.15, 0.2) is 0 Å². The summed E-state index contributed by atoms with van der Waals surface area (Å²) >= 11 is 1.36. The number of benzene rings is 2. The van der Waals surface area contributed by atoms with Gasteiger partial charge < -0.3 is 5.32 Å². The van der Waals surface area contributed by atoms with Gasteiger partial charge in [0.1, 0.15) is 9.88 Å². The molecule has 1 amide bonds. The quantitative estimate of drug-likeness (QED) is 0.503. The molecule has 0 atom stereocenters. The first-order chi connectivity index (χ1) is 13.7. The van der Waals surface area contributed by atoms with Gasteiger partial charge in [-0.25, -0.2) is 4.98 Å². The molecule has 4 aromatic rings. The number of anilines is 1. The average molecular weight is 385 g/mol. The molecule has 138 valence electrons. The number of pyridine rings is 1. The van der Waals surface area contributed by atoms with E-state index in [2.05, 4.69) is 27.4 Å². The summed E-state index contributed by atoms with van der Waals surface area (Å²) in [6.07, 6.45) is 2.49. The van der Waals surface area contributed by atoms with E-state index in [9.17, 15) is 4.79 Å². The Kier molecular flexibility index (Phi) is 5.26. The van der Waals surface area contributed by atoms with E-state index >= 15 is 0 Å². The van der Waals surface area contributed by atoms with Crippen LogP contribution in [-0.4, -0.2) is 15.9 Å². The second kappa shape index (κ2) is 8.15. The first-order valence-corrected chi connectivity index (χ1v) is 9.84. The van der Waals surface area contributed by atoms with E-state index < -0.39 is 0 Å². The highest BCUT2D eigenvalue weighted by molar-refractivity contribution is 7.17. The lowest BCUT2D eigenvalue weighted by Gasteiger charge is -2.11. The molecule has 4 nitrogen and oxygen atoms in total. The fraction of sp³-hybridized carbons (Fsp3) is 0.0870. The van der Waals surface area contributed by atoms with Gasteiger partial charge in [-0.3, -0.25) is 9.78 Å². The Morgan fingerprint density at radius 3 is 2.50 bits per heavy atom. The summed E-state index contributed by atoms with van der Waals surface area (Å²) in [4.78, 5) is 22.4. The monoisotopic (exact) mass is 385 g/mol. The van der Waals surface area contributed by atoms with E-state index in [0.717, 1.165) is 28.4 Å². The number of aryl methyl sites for hydroxylation is 1. The number of rotatable bonds is 5. The van der Waals surface area contributed by atoms with E-state index in [1.807, 2.05) is 67.6 Å². The Bertz CT molecular complexity index is 1090. The van der Waals surface area contributed by atoms with Crippen molar-refractivity contribution in [3.05, 3.63) is 101 Å². The number of para-hydroxylation sites is 1.